The van der Waals surface area contributed by atoms with E-state index in [0.717, 1.165) is 16.7 Å². The van der Waals surface area contributed by atoms with E-state index in [9.17, 15) is 9.90 Å². The summed E-state index contributed by atoms with van der Waals surface area (Å²) in [5.74, 6) is 0.524. The predicted octanol–water partition coefficient (Wildman–Crippen LogP) is 4.60. The Hall–Kier alpha value is -4.30. The van der Waals surface area contributed by atoms with Crippen molar-refractivity contribution in [2.75, 3.05) is 13.7 Å². The zero-order chi connectivity index (χ0) is 24.9. The standard InChI is InChI=1S/C28H26N4O4/c1-35-30-23-16-24(27-29-26(36-31-27)17-25(33)21-10-6-3-7-11-21)32(18-23)28(34)22-14-12-20(13-15-22)19-8-4-2-5-9-19/h2-15,24-25,33H,16-18H2,1H3/b30-23+. The van der Waals surface area contributed by atoms with Gasteiger partial charge in [0.05, 0.1) is 24.8 Å². The second-order valence-corrected chi connectivity index (χ2v) is 8.61. The lowest BCUT2D eigenvalue weighted by Gasteiger charge is -2.21. The molecule has 5 rings (SSSR count). The van der Waals surface area contributed by atoms with Gasteiger partial charge in [-0.3, -0.25) is 4.79 Å². The van der Waals surface area contributed by atoms with Crippen molar-refractivity contribution in [2.45, 2.75) is 25.0 Å². The van der Waals surface area contributed by atoms with E-state index < -0.39 is 12.1 Å². The minimum atomic E-state index is -0.769. The molecule has 36 heavy (non-hydrogen) atoms. The maximum absolute atomic E-state index is 13.5. The van der Waals surface area contributed by atoms with E-state index in [1.54, 1.807) is 4.90 Å². The van der Waals surface area contributed by atoms with Gasteiger partial charge in [-0.15, -0.1) is 0 Å². The van der Waals surface area contributed by atoms with Crippen molar-refractivity contribution in [1.29, 1.82) is 0 Å². The first-order chi connectivity index (χ1) is 17.6. The summed E-state index contributed by atoms with van der Waals surface area (Å²) in [6.45, 7) is 0.300. The van der Waals surface area contributed by atoms with Crippen molar-refractivity contribution in [2.24, 2.45) is 5.16 Å². The molecule has 8 heteroatoms. The molecule has 8 nitrogen and oxygen atoms in total. The number of benzene rings is 3. The highest BCUT2D eigenvalue weighted by Gasteiger charge is 2.38. The number of hydrogen-bond donors (Lipinski definition) is 1. The number of aliphatic hydroxyl groups is 1. The first kappa shape index (κ1) is 23.4. The molecular formula is C28H26N4O4. The Bertz CT molecular complexity index is 1340. The van der Waals surface area contributed by atoms with Crippen LogP contribution in [0.4, 0.5) is 0 Å². The second-order valence-electron chi connectivity index (χ2n) is 8.61. The number of likely N-dealkylation sites (tertiary alicyclic amines) is 1. The molecule has 1 aromatic heterocycles. The number of nitrogens with zero attached hydrogens (tertiary/aromatic N) is 4. The second kappa shape index (κ2) is 10.5. The number of aliphatic hydroxyl groups excluding tert-OH is 1. The summed E-state index contributed by atoms with van der Waals surface area (Å²) in [4.78, 5) is 24.7. The van der Waals surface area contributed by atoms with Crippen LogP contribution in [0.1, 0.15) is 46.2 Å². The molecule has 1 amide bonds. The van der Waals surface area contributed by atoms with Crippen molar-refractivity contribution >= 4 is 11.6 Å². The van der Waals surface area contributed by atoms with E-state index >= 15 is 0 Å². The maximum atomic E-state index is 13.5. The molecule has 0 aliphatic carbocycles. The number of oxime groups is 1. The molecule has 3 aromatic carbocycles. The highest BCUT2D eigenvalue weighted by Crippen LogP contribution is 2.31. The van der Waals surface area contributed by atoms with Crippen LogP contribution in [0, 0.1) is 0 Å². The Balaban J connectivity index is 1.35. The lowest BCUT2D eigenvalue weighted by molar-refractivity contribution is 0.0732. The van der Waals surface area contributed by atoms with E-state index in [4.69, 9.17) is 9.36 Å². The summed E-state index contributed by atoms with van der Waals surface area (Å²) in [5.41, 5.74) is 4.16. The fourth-order valence-corrected chi connectivity index (χ4v) is 4.39. The third kappa shape index (κ3) is 5.04. The van der Waals surface area contributed by atoms with Crippen molar-refractivity contribution in [1.82, 2.24) is 15.0 Å². The molecular weight excluding hydrogens is 456 g/mol. The van der Waals surface area contributed by atoms with Gasteiger partial charge in [0.15, 0.2) is 5.82 Å². The fraction of sp³-hybridized carbons (Fsp3) is 0.214. The summed E-state index contributed by atoms with van der Waals surface area (Å²) >= 11 is 0. The Labute approximate surface area is 208 Å². The molecule has 1 saturated heterocycles. The smallest absolute Gasteiger partial charge is 0.254 e. The largest absolute Gasteiger partial charge is 0.399 e. The number of amides is 1. The molecule has 1 aliphatic rings. The molecule has 0 saturated carbocycles. The maximum Gasteiger partial charge on any atom is 0.254 e. The monoisotopic (exact) mass is 482 g/mol. The quantitative estimate of drug-likeness (QED) is 0.386. The number of carbonyl (C=O) groups is 1. The van der Waals surface area contributed by atoms with Crippen molar-refractivity contribution < 1.29 is 19.3 Å². The average molecular weight is 483 g/mol. The fourth-order valence-electron chi connectivity index (χ4n) is 4.39. The Morgan fingerprint density at radius 2 is 1.72 bits per heavy atom. The van der Waals surface area contributed by atoms with Crippen molar-refractivity contribution in [3.05, 3.63) is 108 Å². The molecule has 0 spiro atoms. The summed E-state index contributed by atoms with van der Waals surface area (Å²) in [6, 6.07) is 26.4. The zero-order valence-electron chi connectivity index (χ0n) is 19.8. The third-order valence-corrected chi connectivity index (χ3v) is 6.21. The lowest BCUT2D eigenvalue weighted by Crippen LogP contribution is -2.31. The highest BCUT2D eigenvalue weighted by molar-refractivity contribution is 6.00. The summed E-state index contributed by atoms with van der Waals surface area (Å²) in [5, 5.41) is 18.7. The van der Waals surface area contributed by atoms with Crippen LogP contribution >= 0.6 is 0 Å². The molecule has 2 heterocycles. The zero-order valence-corrected chi connectivity index (χ0v) is 19.8. The molecule has 0 bridgehead atoms. The number of hydrogen-bond acceptors (Lipinski definition) is 7. The molecule has 4 aromatic rings. The van der Waals surface area contributed by atoms with Crippen LogP contribution in [-0.2, 0) is 11.3 Å². The predicted molar refractivity (Wildman–Crippen MR) is 134 cm³/mol. The van der Waals surface area contributed by atoms with Crippen LogP contribution in [-0.4, -0.2) is 45.4 Å². The molecule has 1 fully saturated rings. The van der Waals surface area contributed by atoms with Gasteiger partial charge in [-0.1, -0.05) is 83.1 Å². The minimum absolute atomic E-state index is 0.156. The van der Waals surface area contributed by atoms with E-state index in [2.05, 4.69) is 15.3 Å². The topological polar surface area (TPSA) is 101 Å². The van der Waals surface area contributed by atoms with Crippen LogP contribution < -0.4 is 0 Å². The number of rotatable bonds is 7. The SMILES string of the molecule is CO/N=C1\CC(c2noc(CC(O)c3ccccc3)n2)N(C(=O)c2ccc(-c3ccccc3)cc2)C1. The van der Waals surface area contributed by atoms with Gasteiger partial charge in [-0.05, 0) is 28.8 Å². The van der Waals surface area contributed by atoms with E-state index in [0.29, 0.717) is 36.0 Å². The van der Waals surface area contributed by atoms with Gasteiger partial charge >= 0.3 is 0 Å². The molecule has 1 N–H and O–H groups in total. The van der Waals surface area contributed by atoms with Crippen LogP contribution in [0.2, 0.25) is 0 Å². The molecule has 2 unspecified atom stereocenters. The van der Waals surface area contributed by atoms with Crippen LogP contribution in [0.5, 0.6) is 0 Å². The minimum Gasteiger partial charge on any atom is -0.399 e. The first-order valence-electron chi connectivity index (χ1n) is 11.7. The van der Waals surface area contributed by atoms with Crippen molar-refractivity contribution in [3.63, 3.8) is 0 Å². The highest BCUT2D eigenvalue weighted by atomic mass is 16.6. The summed E-state index contributed by atoms with van der Waals surface area (Å²) < 4.78 is 5.43. The van der Waals surface area contributed by atoms with Gasteiger partial charge < -0.3 is 19.4 Å². The van der Waals surface area contributed by atoms with Crippen molar-refractivity contribution in [3.8, 4) is 11.1 Å². The third-order valence-electron chi connectivity index (χ3n) is 6.21. The van der Waals surface area contributed by atoms with Gasteiger partial charge in [0.2, 0.25) is 5.89 Å². The molecule has 2 atom stereocenters. The Morgan fingerprint density at radius 1 is 1.06 bits per heavy atom. The van der Waals surface area contributed by atoms with Gasteiger partial charge in [0.25, 0.3) is 5.91 Å². The molecule has 0 radical (unpaired) electrons. The van der Waals surface area contributed by atoms with E-state index in [1.165, 1.54) is 7.11 Å². The lowest BCUT2D eigenvalue weighted by atomic mass is 10.0. The average Bonchev–Trinajstić information content (AvgIpc) is 3.57. The van der Waals surface area contributed by atoms with Crippen LogP contribution in [0.3, 0.4) is 0 Å². The van der Waals surface area contributed by atoms with Gasteiger partial charge in [0.1, 0.15) is 13.2 Å². The van der Waals surface area contributed by atoms with Gasteiger partial charge in [0, 0.05) is 12.0 Å². The van der Waals surface area contributed by atoms with E-state index in [-0.39, 0.29) is 12.3 Å². The first-order valence-corrected chi connectivity index (χ1v) is 11.7. The molecule has 1 aliphatic heterocycles. The van der Waals surface area contributed by atoms with Gasteiger partial charge in [-0.25, -0.2) is 0 Å². The normalized spacial score (nSPS) is 17.3. The van der Waals surface area contributed by atoms with Gasteiger partial charge in [-0.2, -0.15) is 4.98 Å². The number of carbonyl (C=O) groups excluding carboxylic acids is 1. The summed E-state index contributed by atoms with van der Waals surface area (Å²) in [7, 11) is 1.48. The number of aromatic nitrogens is 2. The Morgan fingerprint density at radius 3 is 2.42 bits per heavy atom. The molecule has 182 valence electrons. The van der Waals surface area contributed by atoms with Crippen LogP contribution in [0.15, 0.2) is 94.6 Å². The Kier molecular flexibility index (Phi) is 6.86. The van der Waals surface area contributed by atoms with E-state index in [1.807, 2.05) is 84.9 Å². The van der Waals surface area contributed by atoms with Crippen LogP contribution in [0.25, 0.3) is 11.1 Å². The summed E-state index contributed by atoms with van der Waals surface area (Å²) in [6.07, 6.45) is -0.158.